The molecular weight excluding hydrogens is 202 g/mol. The molecule has 0 saturated carbocycles. The number of rotatable bonds is 5. The van der Waals surface area contributed by atoms with Crippen LogP contribution in [0.25, 0.3) is 0 Å². The van der Waals surface area contributed by atoms with Gasteiger partial charge in [0.05, 0.1) is 13.5 Å². The van der Waals surface area contributed by atoms with Gasteiger partial charge in [-0.05, 0) is 18.1 Å². The molecule has 0 aliphatic carbocycles. The van der Waals surface area contributed by atoms with Crippen molar-refractivity contribution in [2.24, 2.45) is 0 Å². The van der Waals surface area contributed by atoms with E-state index in [0.717, 1.165) is 6.42 Å². The van der Waals surface area contributed by atoms with Crippen LogP contribution in [0.2, 0.25) is 0 Å². The Morgan fingerprint density at radius 2 is 2.06 bits per heavy atom. The van der Waals surface area contributed by atoms with Crippen LogP contribution in [-0.4, -0.2) is 26.7 Å². The van der Waals surface area contributed by atoms with Crippen molar-refractivity contribution in [3.63, 3.8) is 0 Å². The largest absolute Gasteiger partial charge is 0.469 e. The molecule has 0 saturated heterocycles. The van der Waals surface area contributed by atoms with Crippen molar-refractivity contribution >= 4 is 11.7 Å². The molecule has 0 radical (unpaired) electrons. The molecule has 0 unspecified atom stereocenters. The highest BCUT2D eigenvalue weighted by Crippen LogP contribution is 2.19. The molecule has 16 heavy (non-hydrogen) atoms. The summed E-state index contributed by atoms with van der Waals surface area (Å²) in [5.41, 5.74) is 2.49. The number of methoxy groups -OCH3 is 1. The lowest BCUT2D eigenvalue weighted by Gasteiger charge is -2.21. The zero-order chi connectivity index (χ0) is 12.0. The predicted octanol–water partition coefficient (Wildman–Crippen LogP) is 2.25. The van der Waals surface area contributed by atoms with E-state index in [4.69, 9.17) is 0 Å². The highest BCUT2D eigenvalue weighted by atomic mass is 16.5. The molecule has 0 heterocycles. The molecule has 88 valence electrons. The number of carbonyl (C=O) groups excluding carboxylic acids is 1. The normalized spacial score (nSPS) is 9.94. The molecule has 0 fully saturated rings. The second kappa shape index (κ2) is 6.16. The molecule has 0 aliphatic heterocycles. The number of ether oxygens (including phenoxy) is 1. The fraction of sp³-hybridized carbons (Fsp3) is 0.462. The Kier molecular flexibility index (Phi) is 4.83. The summed E-state index contributed by atoms with van der Waals surface area (Å²) in [6.07, 6.45) is 1.42. The third-order valence-electron chi connectivity index (χ3n) is 2.66. The Morgan fingerprint density at radius 3 is 2.69 bits per heavy atom. The smallest absolute Gasteiger partial charge is 0.307 e. The molecule has 1 aromatic carbocycles. The summed E-state index contributed by atoms with van der Waals surface area (Å²) in [4.78, 5) is 13.1. The number of aryl methyl sites for hydroxylation is 1. The van der Waals surface area contributed by atoms with Crippen LogP contribution in [-0.2, 0) is 16.0 Å². The third-order valence-corrected chi connectivity index (χ3v) is 2.66. The molecule has 0 spiro atoms. The van der Waals surface area contributed by atoms with Gasteiger partial charge in [-0.15, -0.1) is 0 Å². The molecule has 0 bridgehead atoms. The van der Waals surface area contributed by atoms with E-state index in [0.29, 0.717) is 13.0 Å². The van der Waals surface area contributed by atoms with Crippen molar-refractivity contribution in [2.75, 3.05) is 25.6 Å². The number of hydrogen-bond acceptors (Lipinski definition) is 3. The molecular formula is C13H19NO2. The first-order chi connectivity index (χ1) is 7.69. The van der Waals surface area contributed by atoms with Gasteiger partial charge in [0.1, 0.15) is 0 Å². The minimum atomic E-state index is -0.166. The van der Waals surface area contributed by atoms with Gasteiger partial charge in [0.15, 0.2) is 0 Å². The quantitative estimate of drug-likeness (QED) is 0.714. The first-order valence-electron chi connectivity index (χ1n) is 5.55. The Bertz CT molecular complexity index is 350. The molecule has 0 atom stereocenters. The molecule has 3 nitrogen and oxygen atoms in total. The van der Waals surface area contributed by atoms with Gasteiger partial charge in [-0.1, -0.05) is 25.1 Å². The van der Waals surface area contributed by atoms with E-state index in [1.165, 1.54) is 18.4 Å². The molecule has 0 aromatic heterocycles. The first kappa shape index (κ1) is 12.6. The maximum atomic E-state index is 11.1. The fourth-order valence-electron chi connectivity index (χ4n) is 1.66. The van der Waals surface area contributed by atoms with Crippen LogP contribution in [0.15, 0.2) is 24.3 Å². The predicted molar refractivity (Wildman–Crippen MR) is 65.7 cm³/mol. The van der Waals surface area contributed by atoms with Gasteiger partial charge in [0.2, 0.25) is 0 Å². The summed E-state index contributed by atoms with van der Waals surface area (Å²) in [6.45, 7) is 2.82. The number of carbonyl (C=O) groups is 1. The fourth-order valence-corrected chi connectivity index (χ4v) is 1.66. The average molecular weight is 221 g/mol. The van der Waals surface area contributed by atoms with Gasteiger partial charge in [-0.25, -0.2) is 0 Å². The van der Waals surface area contributed by atoms with E-state index < -0.39 is 0 Å². The van der Waals surface area contributed by atoms with Crippen LogP contribution >= 0.6 is 0 Å². The molecule has 0 N–H and O–H groups in total. The van der Waals surface area contributed by atoms with Gasteiger partial charge >= 0.3 is 5.97 Å². The van der Waals surface area contributed by atoms with Crippen LogP contribution in [0.3, 0.4) is 0 Å². The lowest BCUT2D eigenvalue weighted by Crippen LogP contribution is -2.22. The van der Waals surface area contributed by atoms with Gasteiger partial charge in [-0.2, -0.15) is 0 Å². The standard InChI is InChI=1S/C13H19NO2/c1-4-11-7-5-6-8-12(11)14(2)10-9-13(15)16-3/h5-8H,4,9-10H2,1-3H3. The highest BCUT2D eigenvalue weighted by molar-refractivity contribution is 5.70. The van der Waals surface area contributed by atoms with E-state index in [2.05, 4.69) is 28.7 Å². The molecule has 0 aliphatic rings. The van der Waals surface area contributed by atoms with Gasteiger partial charge in [0, 0.05) is 19.3 Å². The van der Waals surface area contributed by atoms with Gasteiger partial charge in [0.25, 0.3) is 0 Å². The molecule has 3 heteroatoms. The van der Waals surface area contributed by atoms with Crippen molar-refractivity contribution in [2.45, 2.75) is 19.8 Å². The number of hydrogen-bond donors (Lipinski definition) is 0. The Labute approximate surface area is 97.0 Å². The van der Waals surface area contributed by atoms with E-state index >= 15 is 0 Å². The number of benzene rings is 1. The summed E-state index contributed by atoms with van der Waals surface area (Å²) < 4.78 is 4.63. The average Bonchev–Trinajstić information content (AvgIpc) is 2.35. The van der Waals surface area contributed by atoms with Crippen LogP contribution in [0.4, 0.5) is 5.69 Å². The lowest BCUT2D eigenvalue weighted by atomic mass is 10.1. The SMILES string of the molecule is CCc1ccccc1N(C)CCC(=O)OC. The van der Waals surface area contributed by atoms with Crippen molar-refractivity contribution in [1.29, 1.82) is 0 Å². The summed E-state index contributed by atoms with van der Waals surface area (Å²) in [6, 6.07) is 8.25. The van der Waals surface area contributed by atoms with Crippen LogP contribution in [0.5, 0.6) is 0 Å². The van der Waals surface area contributed by atoms with Gasteiger partial charge in [-0.3, -0.25) is 4.79 Å². The second-order valence-corrected chi connectivity index (χ2v) is 3.73. The second-order valence-electron chi connectivity index (χ2n) is 3.73. The summed E-state index contributed by atoms with van der Waals surface area (Å²) in [5, 5.41) is 0. The van der Waals surface area contributed by atoms with E-state index in [1.54, 1.807) is 0 Å². The Balaban J connectivity index is 2.65. The zero-order valence-corrected chi connectivity index (χ0v) is 10.2. The summed E-state index contributed by atoms with van der Waals surface area (Å²) in [5.74, 6) is -0.166. The highest BCUT2D eigenvalue weighted by Gasteiger charge is 2.07. The number of nitrogens with zero attached hydrogens (tertiary/aromatic N) is 1. The number of para-hydroxylation sites is 1. The minimum absolute atomic E-state index is 0.166. The number of esters is 1. The molecule has 1 aromatic rings. The topological polar surface area (TPSA) is 29.5 Å². The zero-order valence-electron chi connectivity index (χ0n) is 10.2. The third kappa shape index (κ3) is 3.26. The minimum Gasteiger partial charge on any atom is -0.469 e. The van der Waals surface area contributed by atoms with Crippen molar-refractivity contribution in [3.8, 4) is 0 Å². The van der Waals surface area contributed by atoms with Crippen LogP contribution in [0, 0.1) is 0 Å². The van der Waals surface area contributed by atoms with Crippen LogP contribution in [0.1, 0.15) is 18.9 Å². The lowest BCUT2D eigenvalue weighted by molar-refractivity contribution is -0.140. The van der Waals surface area contributed by atoms with E-state index in [1.807, 2.05) is 19.2 Å². The first-order valence-corrected chi connectivity index (χ1v) is 5.55. The van der Waals surface area contributed by atoms with E-state index in [9.17, 15) is 4.79 Å². The Hall–Kier alpha value is -1.51. The van der Waals surface area contributed by atoms with Crippen molar-refractivity contribution in [3.05, 3.63) is 29.8 Å². The molecule has 1 rings (SSSR count). The maximum Gasteiger partial charge on any atom is 0.307 e. The summed E-state index contributed by atoms with van der Waals surface area (Å²) >= 11 is 0. The van der Waals surface area contributed by atoms with Gasteiger partial charge < -0.3 is 9.64 Å². The summed E-state index contributed by atoms with van der Waals surface area (Å²) in [7, 11) is 3.42. The van der Waals surface area contributed by atoms with E-state index in [-0.39, 0.29) is 5.97 Å². The number of anilines is 1. The Morgan fingerprint density at radius 1 is 1.38 bits per heavy atom. The maximum absolute atomic E-state index is 11.1. The van der Waals surface area contributed by atoms with Crippen LogP contribution < -0.4 is 4.90 Å². The van der Waals surface area contributed by atoms with Crippen molar-refractivity contribution in [1.82, 2.24) is 0 Å². The van der Waals surface area contributed by atoms with Crippen molar-refractivity contribution < 1.29 is 9.53 Å². The molecule has 0 amide bonds. The monoisotopic (exact) mass is 221 g/mol.